The van der Waals surface area contributed by atoms with Crippen molar-refractivity contribution in [3.05, 3.63) is 41.5 Å². The molecule has 0 fully saturated rings. The van der Waals surface area contributed by atoms with Gasteiger partial charge in [0, 0.05) is 0 Å². The molecule has 1 unspecified atom stereocenters. The van der Waals surface area contributed by atoms with Crippen molar-refractivity contribution in [2.45, 2.75) is 84.5 Å². The summed E-state index contributed by atoms with van der Waals surface area (Å²) in [6, 6.07) is 9.42. The summed E-state index contributed by atoms with van der Waals surface area (Å²) in [6.45, 7) is 4.59. The lowest BCUT2D eigenvalue weighted by Crippen LogP contribution is -2.05. The van der Waals surface area contributed by atoms with Gasteiger partial charge < -0.3 is 0 Å². The molecule has 0 saturated carbocycles. The highest BCUT2D eigenvalue weighted by Gasteiger charge is 2.14. The molecule has 0 amide bonds. The van der Waals surface area contributed by atoms with Crippen LogP contribution in [0.4, 0.5) is 0 Å². The molecular weight excluding hydrogens is 264 g/mol. The van der Waals surface area contributed by atoms with E-state index >= 15 is 0 Å². The van der Waals surface area contributed by atoms with Gasteiger partial charge in [-0.25, -0.2) is 0 Å². The molecule has 1 aliphatic carbocycles. The van der Waals surface area contributed by atoms with Crippen molar-refractivity contribution < 1.29 is 0 Å². The second kappa shape index (κ2) is 9.87. The maximum absolute atomic E-state index is 2.50. The fraction of sp³-hybridized carbons (Fsp3) is 0.636. The first kappa shape index (κ1) is 17.3. The largest absolute Gasteiger partial charge is 0.0804 e. The first-order chi connectivity index (χ1) is 10.8. The predicted octanol–water partition coefficient (Wildman–Crippen LogP) is 7.18. The van der Waals surface area contributed by atoms with Crippen LogP contribution < -0.4 is 0 Å². The third-order valence-electron chi connectivity index (χ3n) is 5.11. The normalized spacial score (nSPS) is 18.3. The summed E-state index contributed by atoms with van der Waals surface area (Å²) >= 11 is 0. The average molecular weight is 299 g/mol. The summed E-state index contributed by atoms with van der Waals surface area (Å²) in [5, 5.41) is 0. The summed E-state index contributed by atoms with van der Waals surface area (Å²) < 4.78 is 0. The van der Waals surface area contributed by atoms with Gasteiger partial charge in [-0.2, -0.15) is 0 Å². The number of hydrogen-bond acceptors (Lipinski definition) is 0. The zero-order valence-electron chi connectivity index (χ0n) is 14.7. The van der Waals surface area contributed by atoms with Crippen LogP contribution in [0.3, 0.4) is 0 Å². The Balaban J connectivity index is 1.79. The molecule has 22 heavy (non-hydrogen) atoms. The van der Waals surface area contributed by atoms with Gasteiger partial charge in [0.1, 0.15) is 0 Å². The Morgan fingerprint density at radius 3 is 2.32 bits per heavy atom. The number of rotatable bonds is 9. The van der Waals surface area contributed by atoms with E-state index in [1.165, 1.54) is 81.8 Å². The molecule has 0 radical (unpaired) electrons. The summed E-state index contributed by atoms with van der Waals surface area (Å²) in [7, 11) is 0. The maximum Gasteiger partial charge on any atom is -0.0228 e. The number of unbranched alkanes of at least 4 members (excludes halogenated alkanes) is 4. The smallest absolute Gasteiger partial charge is 0.0228 e. The highest BCUT2D eigenvalue weighted by molar-refractivity contribution is 5.66. The van der Waals surface area contributed by atoms with E-state index in [1.807, 2.05) is 0 Å². The van der Waals surface area contributed by atoms with Crippen LogP contribution >= 0.6 is 0 Å². The van der Waals surface area contributed by atoms with Crippen molar-refractivity contribution in [2.75, 3.05) is 0 Å². The van der Waals surface area contributed by atoms with E-state index in [2.05, 4.69) is 44.2 Å². The summed E-state index contributed by atoms with van der Waals surface area (Å²) in [5.41, 5.74) is 4.56. The monoisotopic (exact) mass is 298 g/mol. The van der Waals surface area contributed by atoms with Crippen LogP contribution in [0.1, 0.15) is 89.2 Å². The zero-order chi connectivity index (χ0) is 15.6. The minimum absolute atomic E-state index is 0.941. The summed E-state index contributed by atoms with van der Waals surface area (Å²) in [6.07, 6.45) is 17.3. The van der Waals surface area contributed by atoms with Crippen LogP contribution in [-0.2, 0) is 6.42 Å². The standard InChI is InChI=1S/C22H34/c1-3-5-6-7-8-10-20-13-17-22(18-14-20)21-15-11-19(9-4-2)12-16-21/h13-15,17-19H,3-12,16H2,1-2H3. The molecule has 0 aromatic heterocycles. The SMILES string of the molecule is CCCCCCCc1ccc(C2=CCC(CCC)CC2)cc1. The van der Waals surface area contributed by atoms with E-state index in [4.69, 9.17) is 0 Å². The first-order valence-electron chi connectivity index (χ1n) is 9.61. The quantitative estimate of drug-likeness (QED) is 0.423. The zero-order valence-corrected chi connectivity index (χ0v) is 14.7. The topological polar surface area (TPSA) is 0 Å². The molecule has 0 heterocycles. The second-order valence-corrected chi connectivity index (χ2v) is 7.02. The number of aryl methyl sites for hydroxylation is 1. The molecule has 2 rings (SSSR count). The lowest BCUT2D eigenvalue weighted by atomic mass is 9.84. The Morgan fingerprint density at radius 2 is 1.68 bits per heavy atom. The number of allylic oxidation sites excluding steroid dienone is 2. The Labute approximate surface area is 138 Å². The van der Waals surface area contributed by atoms with Gasteiger partial charge in [0.05, 0.1) is 0 Å². The molecule has 0 spiro atoms. The molecule has 0 saturated heterocycles. The highest BCUT2D eigenvalue weighted by atomic mass is 14.2. The first-order valence-corrected chi connectivity index (χ1v) is 9.61. The van der Waals surface area contributed by atoms with Crippen molar-refractivity contribution in [1.29, 1.82) is 0 Å². The minimum atomic E-state index is 0.941. The van der Waals surface area contributed by atoms with Gasteiger partial charge in [-0.3, -0.25) is 0 Å². The van der Waals surface area contributed by atoms with Crippen LogP contribution in [0.15, 0.2) is 30.3 Å². The van der Waals surface area contributed by atoms with Crippen LogP contribution in [0.25, 0.3) is 5.57 Å². The predicted molar refractivity (Wildman–Crippen MR) is 99.1 cm³/mol. The third kappa shape index (κ3) is 5.63. The van der Waals surface area contributed by atoms with Crippen molar-refractivity contribution >= 4 is 5.57 Å². The van der Waals surface area contributed by atoms with Gasteiger partial charge in [0.2, 0.25) is 0 Å². The lowest BCUT2D eigenvalue weighted by molar-refractivity contribution is 0.445. The van der Waals surface area contributed by atoms with E-state index < -0.39 is 0 Å². The van der Waals surface area contributed by atoms with E-state index in [9.17, 15) is 0 Å². The fourth-order valence-electron chi connectivity index (χ4n) is 3.64. The van der Waals surface area contributed by atoms with Crippen molar-refractivity contribution in [1.82, 2.24) is 0 Å². The van der Waals surface area contributed by atoms with Crippen LogP contribution in [0, 0.1) is 5.92 Å². The Hall–Kier alpha value is -1.04. The molecule has 1 aliphatic rings. The molecular formula is C22H34. The van der Waals surface area contributed by atoms with Crippen LogP contribution in [0.5, 0.6) is 0 Å². The van der Waals surface area contributed by atoms with Gasteiger partial charge in [-0.1, -0.05) is 82.7 Å². The lowest BCUT2D eigenvalue weighted by Gasteiger charge is -2.21. The van der Waals surface area contributed by atoms with E-state index in [0.29, 0.717) is 0 Å². The van der Waals surface area contributed by atoms with Gasteiger partial charge >= 0.3 is 0 Å². The Bertz CT molecular complexity index is 438. The van der Waals surface area contributed by atoms with Crippen molar-refractivity contribution in [3.63, 3.8) is 0 Å². The van der Waals surface area contributed by atoms with Crippen molar-refractivity contribution in [2.24, 2.45) is 5.92 Å². The molecule has 0 heteroatoms. The Kier molecular flexibility index (Phi) is 7.77. The molecule has 1 atom stereocenters. The van der Waals surface area contributed by atoms with Gasteiger partial charge in [0.25, 0.3) is 0 Å². The van der Waals surface area contributed by atoms with Gasteiger partial charge in [-0.15, -0.1) is 0 Å². The van der Waals surface area contributed by atoms with E-state index in [1.54, 1.807) is 5.57 Å². The van der Waals surface area contributed by atoms with Gasteiger partial charge in [-0.05, 0) is 54.7 Å². The molecule has 0 aliphatic heterocycles. The number of hydrogen-bond donors (Lipinski definition) is 0. The van der Waals surface area contributed by atoms with E-state index in [0.717, 1.165) is 5.92 Å². The van der Waals surface area contributed by atoms with Gasteiger partial charge in [0.15, 0.2) is 0 Å². The van der Waals surface area contributed by atoms with Crippen LogP contribution in [0.2, 0.25) is 0 Å². The third-order valence-corrected chi connectivity index (χ3v) is 5.11. The molecule has 1 aromatic carbocycles. The Morgan fingerprint density at radius 1 is 0.909 bits per heavy atom. The molecule has 1 aromatic rings. The summed E-state index contributed by atoms with van der Waals surface area (Å²) in [4.78, 5) is 0. The number of benzene rings is 1. The molecule has 122 valence electrons. The second-order valence-electron chi connectivity index (χ2n) is 7.02. The molecule has 0 nitrogen and oxygen atoms in total. The fourth-order valence-corrected chi connectivity index (χ4v) is 3.64. The van der Waals surface area contributed by atoms with Crippen LogP contribution in [-0.4, -0.2) is 0 Å². The maximum atomic E-state index is 2.50. The van der Waals surface area contributed by atoms with E-state index in [-0.39, 0.29) is 0 Å². The summed E-state index contributed by atoms with van der Waals surface area (Å²) in [5.74, 6) is 0.941. The minimum Gasteiger partial charge on any atom is -0.0804 e. The molecule has 0 bridgehead atoms. The van der Waals surface area contributed by atoms with Crippen molar-refractivity contribution in [3.8, 4) is 0 Å². The highest BCUT2D eigenvalue weighted by Crippen LogP contribution is 2.32. The average Bonchev–Trinajstić information content (AvgIpc) is 2.56. The molecule has 0 N–H and O–H groups in total.